The van der Waals surface area contributed by atoms with Gasteiger partial charge >= 0.3 is 0 Å². The molecule has 2 aromatic heterocycles. The number of anilines is 1. The summed E-state index contributed by atoms with van der Waals surface area (Å²) in [5.74, 6) is -0.114. The number of nitrogens with one attached hydrogen (secondary N) is 1. The molecule has 3 aromatic rings. The van der Waals surface area contributed by atoms with E-state index in [-0.39, 0.29) is 5.91 Å². The first-order valence-corrected chi connectivity index (χ1v) is 7.71. The fraction of sp³-hybridized carbons (Fsp3) is 0.250. The van der Waals surface area contributed by atoms with Crippen LogP contribution in [-0.2, 0) is 0 Å². The first-order chi connectivity index (χ1) is 10.1. The zero-order valence-electron chi connectivity index (χ0n) is 12.3. The van der Waals surface area contributed by atoms with E-state index in [1.165, 1.54) is 11.3 Å². The van der Waals surface area contributed by atoms with E-state index in [2.05, 4.69) is 28.7 Å². The van der Waals surface area contributed by atoms with E-state index in [4.69, 9.17) is 0 Å². The van der Waals surface area contributed by atoms with E-state index in [1.807, 2.05) is 37.4 Å². The number of carbonyl (C=O) groups is 1. The van der Waals surface area contributed by atoms with E-state index in [0.29, 0.717) is 16.7 Å². The summed E-state index contributed by atoms with van der Waals surface area (Å²) >= 11 is 1.48. The summed E-state index contributed by atoms with van der Waals surface area (Å²) in [7, 11) is 0. The fourth-order valence-electron chi connectivity index (χ4n) is 2.41. The monoisotopic (exact) mass is 299 g/mol. The average molecular weight is 299 g/mol. The van der Waals surface area contributed by atoms with Crippen molar-refractivity contribution in [2.24, 2.45) is 0 Å². The summed E-state index contributed by atoms with van der Waals surface area (Å²) in [5.41, 5.74) is 1.76. The Labute approximate surface area is 127 Å². The van der Waals surface area contributed by atoms with E-state index in [9.17, 15) is 4.79 Å². The van der Waals surface area contributed by atoms with Gasteiger partial charge in [-0.05, 0) is 39.0 Å². The molecule has 4 nitrogen and oxygen atoms in total. The van der Waals surface area contributed by atoms with E-state index in [0.717, 1.165) is 15.8 Å². The number of fused-ring (bicyclic) bond motifs is 1. The quantitative estimate of drug-likeness (QED) is 0.786. The molecule has 3 rings (SSSR count). The number of hydrogen-bond acceptors (Lipinski definition) is 3. The molecular weight excluding hydrogens is 282 g/mol. The van der Waals surface area contributed by atoms with Crippen molar-refractivity contribution < 1.29 is 4.79 Å². The molecule has 0 unspecified atom stereocenters. The molecule has 0 atom stereocenters. The molecule has 21 heavy (non-hydrogen) atoms. The highest BCUT2D eigenvalue weighted by atomic mass is 32.1. The summed E-state index contributed by atoms with van der Waals surface area (Å²) in [5, 5.41) is 4.48. The van der Waals surface area contributed by atoms with Crippen LogP contribution in [0.2, 0.25) is 0 Å². The van der Waals surface area contributed by atoms with Gasteiger partial charge in [0.1, 0.15) is 0 Å². The lowest BCUT2D eigenvalue weighted by Gasteiger charge is -2.10. The first-order valence-electron chi connectivity index (χ1n) is 6.89. The Hall–Kier alpha value is -2.14. The van der Waals surface area contributed by atoms with Crippen molar-refractivity contribution in [3.05, 3.63) is 47.1 Å². The standard InChI is InChI=1S/C16H17N3OS/c1-10(2)19-8-7-12-13(5-4-6-14(12)19)15(20)18-16-17-9-11(3)21-16/h4-10H,1-3H3,(H,17,18,20). The molecule has 0 aliphatic heterocycles. The predicted octanol–water partition coefficient (Wildman–Crippen LogP) is 4.24. The maximum Gasteiger partial charge on any atom is 0.258 e. The minimum absolute atomic E-state index is 0.114. The smallest absolute Gasteiger partial charge is 0.258 e. The normalized spacial score (nSPS) is 11.2. The van der Waals surface area contributed by atoms with Crippen molar-refractivity contribution >= 4 is 33.3 Å². The number of aromatic nitrogens is 2. The van der Waals surface area contributed by atoms with Gasteiger partial charge in [-0.25, -0.2) is 4.98 Å². The number of benzene rings is 1. The molecule has 0 saturated heterocycles. The third-order valence-corrected chi connectivity index (χ3v) is 4.23. The second-order valence-electron chi connectivity index (χ2n) is 5.29. The van der Waals surface area contributed by atoms with Crippen LogP contribution in [0.15, 0.2) is 36.7 Å². The molecular formula is C16H17N3OS. The molecule has 1 N–H and O–H groups in total. The largest absolute Gasteiger partial charge is 0.345 e. The van der Waals surface area contributed by atoms with Gasteiger partial charge < -0.3 is 4.57 Å². The highest BCUT2D eigenvalue weighted by molar-refractivity contribution is 7.15. The van der Waals surface area contributed by atoms with Crippen LogP contribution in [-0.4, -0.2) is 15.5 Å². The molecule has 0 radical (unpaired) electrons. The Morgan fingerprint density at radius 2 is 2.14 bits per heavy atom. The first kappa shape index (κ1) is 13.8. The van der Waals surface area contributed by atoms with Crippen LogP contribution in [0.1, 0.15) is 35.1 Å². The summed E-state index contributed by atoms with van der Waals surface area (Å²) in [6, 6.07) is 8.17. The zero-order valence-corrected chi connectivity index (χ0v) is 13.1. The topological polar surface area (TPSA) is 46.9 Å². The number of nitrogens with zero attached hydrogens (tertiary/aromatic N) is 2. The SMILES string of the molecule is Cc1cnc(NC(=O)c2cccc3c2ccn3C(C)C)s1. The maximum absolute atomic E-state index is 12.5. The number of carbonyl (C=O) groups excluding carboxylic acids is 1. The molecule has 5 heteroatoms. The van der Waals surface area contributed by atoms with Crippen LogP contribution >= 0.6 is 11.3 Å². The van der Waals surface area contributed by atoms with Gasteiger partial charge in [0.2, 0.25) is 0 Å². The number of amides is 1. The van der Waals surface area contributed by atoms with Crippen molar-refractivity contribution in [3.8, 4) is 0 Å². The van der Waals surface area contributed by atoms with Crippen LogP contribution in [0.4, 0.5) is 5.13 Å². The van der Waals surface area contributed by atoms with Crippen molar-refractivity contribution in [3.63, 3.8) is 0 Å². The predicted molar refractivity (Wildman–Crippen MR) is 87.1 cm³/mol. The highest BCUT2D eigenvalue weighted by Gasteiger charge is 2.14. The van der Waals surface area contributed by atoms with Crippen molar-refractivity contribution in [1.29, 1.82) is 0 Å². The van der Waals surface area contributed by atoms with Crippen LogP contribution in [0.5, 0.6) is 0 Å². The number of thiazole rings is 1. The van der Waals surface area contributed by atoms with Crippen LogP contribution < -0.4 is 5.32 Å². The molecule has 0 fully saturated rings. The molecule has 1 aromatic carbocycles. The van der Waals surface area contributed by atoms with Gasteiger partial charge in [-0.2, -0.15) is 0 Å². The van der Waals surface area contributed by atoms with Gasteiger partial charge in [0, 0.05) is 39.8 Å². The summed E-state index contributed by atoms with van der Waals surface area (Å²) in [4.78, 5) is 17.7. The molecule has 0 aliphatic carbocycles. The number of aryl methyl sites for hydroxylation is 1. The molecule has 0 aliphatic rings. The van der Waals surface area contributed by atoms with E-state index < -0.39 is 0 Å². The second-order valence-corrected chi connectivity index (χ2v) is 6.52. The minimum Gasteiger partial charge on any atom is -0.345 e. The Bertz CT molecular complexity index is 801. The van der Waals surface area contributed by atoms with Gasteiger partial charge in [0.05, 0.1) is 0 Å². The molecule has 0 spiro atoms. The lowest BCUT2D eigenvalue weighted by atomic mass is 10.1. The minimum atomic E-state index is -0.114. The lowest BCUT2D eigenvalue weighted by Crippen LogP contribution is -2.12. The second kappa shape index (κ2) is 5.33. The zero-order chi connectivity index (χ0) is 15.0. The van der Waals surface area contributed by atoms with Crippen LogP contribution in [0, 0.1) is 6.92 Å². The Morgan fingerprint density at radius 3 is 2.81 bits per heavy atom. The van der Waals surface area contributed by atoms with E-state index >= 15 is 0 Å². The Kier molecular flexibility index (Phi) is 3.51. The summed E-state index contributed by atoms with van der Waals surface area (Å²) in [6.07, 6.45) is 3.79. The molecule has 2 heterocycles. The van der Waals surface area contributed by atoms with Gasteiger partial charge in [0.25, 0.3) is 5.91 Å². The van der Waals surface area contributed by atoms with Gasteiger partial charge in [-0.3, -0.25) is 10.1 Å². The third kappa shape index (κ3) is 2.56. The highest BCUT2D eigenvalue weighted by Crippen LogP contribution is 2.25. The third-order valence-electron chi connectivity index (χ3n) is 3.41. The summed E-state index contributed by atoms with van der Waals surface area (Å²) in [6.45, 7) is 6.23. The van der Waals surface area contributed by atoms with Crippen molar-refractivity contribution in [1.82, 2.24) is 9.55 Å². The lowest BCUT2D eigenvalue weighted by molar-refractivity contribution is 0.102. The van der Waals surface area contributed by atoms with E-state index in [1.54, 1.807) is 6.20 Å². The molecule has 1 amide bonds. The molecule has 108 valence electrons. The van der Waals surface area contributed by atoms with Crippen molar-refractivity contribution in [2.75, 3.05) is 5.32 Å². The number of rotatable bonds is 3. The van der Waals surface area contributed by atoms with Crippen LogP contribution in [0.25, 0.3) is 10.9 Å². The van der Waals surface area contributed by atoms with Gasteiger partial charge in [0.15, 0.2) is 5.13 Å². The summed E-state index contributed by atoms with van der Waals surface area (Å²) < 4.78 is 2.17. The van der Waals surface area contributed by atoms with Gasteiger partial charge in [-0.15, -0.1) is 11.3 Å². The number of hydrogen-bond donors (Lipinski definition) is 1. The van der Waals surface area contributed by atoms with Crippen LogP contribution in [0.3, 0.4) is 0 Å². The Morgan fingerprint density at radius 1 is 1.33 bits per heavy atom. The maximum atomic E-state index is 12.5. The van der Waals surface area contributed by atoms with Gasteiger partial charge in [-0.1, -0.05) is 6.07 Å². The van der Waals surface area contributed by atoms with Crippen molar-refractivity contribution in [2.45, 2.75) is 26.8 Å². The Balaban J connectivity index is 1.98. The molecule has 0 bridgehead atoms. The average Bonchev–Trinajstić information content (AvgIpc) is 3.04. The molecule has 0 saturated carbocycles. The fourth-order valence-corrected chi connectivity index (χ4v) is 3.07.